The lowest BCUT2D eigenvalue weighted by molar-refractivity contribution is 0.460. The predicted molar refractivity (Wildman–Crippen MR) is 47.7 cm³/mol. The molecule has 2 rings (SSSR count). The minimum atomic E-state index is -0.433. The molecule has 0 amide bonds. The number of nitrogens with zero attached hydrogens (tertiary/aromatic N) is 1. The molecule has 13 heavy (non-hydrogen) atoms. The van der Waals surface area contributed by atoms with Crippen LogP contribution in [-0.4, -0.2) is 15.1 Å². The minimum absolute atomic E-state index is 0.304. The highest BCUT2D eigenvalue weighted by Gasteiger charge is 2.19. The third kappa shape index (κ3) is 1.56. The summed E-state index contributed by atoms with van der Waals surface area (Å²) in [6.07, 6.45) is 5.82. The summed E-state index contributed by atoms with van der Waals surface area (Å²) >= 11 is 0. The number of rotatable bonds is 1. The number of H-pyrrole nitrogens is 1. The van der Waals surface area contributed by atoms with Gasteiger partial charge in [0.25, 0.3) is 5.56 Å². The molecule has 4 heteroatoms. The first-order chi connectivity index (χ1) is 6.27. The molecule has 0 aromatic carbocycles. The van der Waals surface area contributed by atoms with E-state index in [2.05, 4.69) is 9.97 Å². The van der Waals surface area contributed by atoms with Gasteiger partial charge in [0, 0.05) is 5.92 Å². The normalized spacial score (nSPS) is 17.8. The van der Waals surface area contributed by atoms with Crippen LogP contribution in [0.15, 0.2) is 11.0 Å². The molecule has 1 aliphatic carbocycles. The average molecular weight is 180 g/mol. The van der Waals surface area contributed by atoms with Gasteiger partial charge in [0.05, 0.1) is 6.20 Å². The van der Waals surface area contributed by atoms with Gasteiger partial charge in [-0.2, -0.15) is 0 Å². The molecule has 1 aliphatic rings. The maximum atomic E-state index is 11.1. The second-order valence-corrected chi connectivity index (χ2v) is 3.46. The Labute approximate surface area is 75.6 Å². The van der Waals surface area contributed by atoms with Crippen molar-refractivity contribution >= 4 is 0 Å². The zero-order valence-corrected chi connectivity index (χ0v) is 7.29. The molecule has 1 aromatic heterocycles. The molecule has 0 unspecified atom stereocenters. The minimum Gasteiger partial charge on any atom is -0.502 e. The Morgan fingerprint density at radius 1 is 1.46 bits per heavy atom. The van der Waals surface area contributed by atoms with Crippen molar-refractivity contribution in [3.05, 3.63) is 22.4 Å². The number of aromatic amines is 1. The third-order valence-corrected chi connectivity index (χ3v) is 2.54. The Bertz CT molecular complexity index is 353. The van der Waals surface area contributed by atoms with E-state index in [0.717, 1.165) is 18.7 Å². The van der Waals surface area contributed by atoms with Gasteiger partial charge in [-0.05, 0) is 12.8 Å². The molecule has 0 atom stereocenters. The van der Waals surface area contributed by atoms with E-state index in [1.165, 1.54) is 19.0 Å². The molecule has 0 saturated heterocycles. The summed E-state index contributed by atoms with van der Waals surface area (Å²) < 4.78 is 0. The number of hydrogen-bond donors (Lipinski definition) is 2. The molecule has 2 N–H and O–H groups in total. The number of nitrogens with one attached hydrogen (secondary N) is 1. The van der Waals surface area contributed by atoms with Gasteiger partial charge in [-0.25, -0.2) is 4.98 Å². The lowest BCUT2D eigenvalue weighted by atomic mass is 10.1. The Balaban J connectivity index is 2.30. The standard InChI is InChI=1S/C9H12N2O2/c12-7-5-10-8(11-9(7)13)6-3-1-2-4-6/h5-6,12H,1-4H2,(H,10,11,13). The summed E-state index contributed by atoms with van der Waals surface area (Å²) in [5, 5.41) is 8.98. The number of aromatic hydroxyl groups is 1. The van der Waals surface area contributed by atoms with Gasteiger partial charge in [-0.15, -0.1) is 0 Å². The Hall–Kier alpha value is -1.32. The number of hydrogen-bond acceptors (Lipinski definition) is 3. The molecule has 70 valence electrons. The van der Waals surface area contributed by atoms with Crippen LogP contribution in [-0.2, 0) is 0 Å². The topological polar surface area (TPSA) is 66.0 Å². The monoisotopic (exact) mass is 180 g/mol. The zero-order chi connectivity index (χ0) is 9.26. The molecular weight excluding hydrogens is 168 g/mol. The van der Waals surface area contributed by atoms with Crippen LogP contribution >= 0.6 is 0 Å². The number of aromatic nitrogens is 2. The van der Waals surface area contributed by atoms with Gasteiger partial charge in [-0.3, -0.25) is 4.79 Å². The van der Waals surface area contributed by atoms with Crippen LogP contribution in [0.4, 0.5) is 0 Å². The zero-order valence-electron chi connectivity index (χ0n) is 7.29. The van der Waals surface area contributed by atoms with E-state index in [1.807, 2.05) is 0 Å². The van der Waals surface area contributed by atoms with Gasteiger partial charge in [-0.1, -0.05) is 12.8 Å². The third-order valence-electron chi connectivity index (χ3n) is 2.54. The van der Waals surface area contributed by atoms with Crippen molar-refractivity contribution < 1.29 is 5.11 Å². The Morgan fingerprint density at radius 2 is 2.15 bits per heavy atom. The van der Waals surface area contributed by atoms with Crippen LogP contribution in [0.3, 0.4) is 0 Å². The van der Waals surface area contributed by atoms with Crippen molar-refractivity contribution in [3.63, 3.8) is 0 Å². The van der Waals surface area contributed by atoms with E-state index in [1.54, 1.807) is 0 Å². The largest absolute Gasteiger partial charge is 0.502 e. The quantitative estimate of drug-likeness (QED) is 0.680. The summed E-state index contributed by atoms with van der Waals surface area (Å²) in [5.41, 5.74) is -0.433. The van der Waals surface area contributed by atoms with E-state index in [9.17, 15) is 4.79 Å². The summed E-state index contributed by atoms with van der Waals surface area (Å²) in [5.74, 6) is 0.801. The van der Waals surface area contributed by atoms with Crippen molar-refractivity contribution in [2.45, 2.75) is 31.6 Å². The molecule has 1 fully saturated rings. The lowest BCUT2D eigenvalue weighted by Crippen LogP contribution is -2.12. The van der Waals surface area contributed by atoms with E-state index < -0.39 is 5.56 Å². The fourth-order valence-electron chi connectivity index (χ4n) is 1.81. The molecule has 0 radical (unpaired) electrons. The molecule has 1 aromatic rings. The summed E-state index contributed by atoms with van der Waals surface area (Å²) in [6, 6.07) is 0. The van der Waals surface area contributed by atoms with Crippen LogP contribution in [0.2, 0.25) is 0 Å². The maximum Gasteiger partial charge on any atom is 0.293 e. The van der Waals surface area contributed by atoms with Gasteiger partial charge in [0.2, 0.25) is 0 Å². The molecule has 1 saturated carbocycles. The first-order valence-corrected chi connectivity index (χ1v) is 4.55. The van der Waals surface area contributed by atoms with Gasteiger partial charge in [0.1, 0.15) is 5.82 Å². The Morgan fingerprint density at radius 3 is 2.77 bits per heavy atom. The second-order valence-electron chi connectivity index (χ2n) is 3.46. The molecule has 1 heterocycles. The first-order valence-electron chi connectivity index (χ1n) is 4.55. The summed E-state index contributed by atoms with van der Waals surface area (Å²) in [6.45, 7) is 0. The highest BCUT2D eigenvalue weighted by atomic mass is 16.3. The highest BCUT2D eigenvalue weighted by molar-refractivity contribution is 5.12. The molecule has 0 aliphatic heterocycles. The van der Waals surface area contributed by atoms with Crippen LogP contribution in [0, 0.1) is 0 Å². The van der Waals surface area contributed by atoms with Crippen molar-refractivity contribution in [1.29, 1.82) is 0 Å². The van der Waals surface area contributed by atoms with Gasteiger partial charge in [0.15, 0.2) is 5.75 Å². The first kappa shape index (κ1) is 8.29. The van der Waals surface area contributed by atoms with E-state index >= 15 is 0 Å². The van der Waals surface area contributed by atoms with Crippen molar-refractivity contribution in [2.75, 3.05) is 0 Å². The fraction of sp³-hybridized carbons (Fsp3) is 0.556. The molecular formula is C9H12N2O2. The molecule has 4 nitrogen and oxygen atoms in total. The molecule has 0 bridgehead atoms. The average Bonchev–Trinajstić information content (AvgIpc) is 2.62. The SMILES string of the molecule is O=c1[nH]c(C2CCCC2)ncc1O. The summed E-state index contributed by atoms with van der Waals surface area (Å²) in [4.78, 5) is 17.7. The van der Waals surface area contributed by atoms with E-state index in [4.69, 9.17) is 5.11 Å². The molecule has 0 spiro atoms. The van der Waals surface area contributed by atoms with Gasteiger partial charge < -0.3 is 10.1 Å². The van der Waals surface area contributed by atoms with Crippen molar-refractivity contribution in [1.82, 2.24) is 9.97 Å². The summed E-state index contributed by atoms with van der Waals surface area (Å²) in [7, 11) is 0. The highest BCUT2D eigenvalue weighted by Crippen LogP contribution is 2.31. The van der Waals surface area contributed by atoms with Gasteiger partial charge >= 0.3 is 0 Å². The van der Waals surface area contributed by atoms with E-state index in [-0.39, 0.29) is 5.75 Å². The lowest BCUT2D eigenvalue weighted by Gasteiger charge is -2.06. The van der Waals surface area contributed by atoms with Crippen molar-refractivity contribution in [2.24, 2.45) is 0 Å². The predicted octanol–water partition coefficient (Wildman–Crippen LogP) is 1.13. The van der Waals surface area contributed by atoms with Crippen LogP contribution in [0.1, 0.15) is 37.4 Å². The Kier molecular flexibility index (Phi) is 2.04. The second kappa shape index (κ2) is 3.20. The van der Waals surface area contributed by atoms with Crippen LogP contribution in [0.5, 0.6) is 5.75 Å². The van der Waals surface area contributed by atoms with Crippen LogP contribution < -0.4 is 5.56 Å². The van der Waals surface area contributed by atoms with Crippen molar-refractivity contribution in [3.8, 4) is 5.75 Å². The smallest absolute Gasteiger partial charge is 0.293 e. The van der Waals surface area contributed by atoms with Crippen LogP contribution in [0.25, 0.3) is 0 Å². The maximum absolute atomic E-state index is 11.1. The fourth-order valence-corrected chi connectivity index (χ4v) is 1.81. The van der Waals surface area contributed by atoms with E-state index in [0.29, 0.717) is 5.92 Å².